The maximum Gasteiger partial charge on any atom is 0.250 e. The Morgan fingerprint density at radius 2 is 1.77 bits per heavy atom. The van der Waals surface area contributed by atoms with Crippen molar-refractivity contribution in [3.8, 4) is 0 Å². The van der Waals surface area contributed by atoms with Crippen LogP contribution in [0.2, 0.25) is 0 Å². The molecule has 2 aromatic rings. The molecule has 1 heterocycles. The van der Waals surface area contributed by atoms with Gasteiger partial charge in [-0.15, -0.1) is 12.4 Å². The van der Waals surface area contributed by atoms with Gasteiger partial charge in [-0.2, -0.15) is 0 Å². The van der Waals surface area contributed by atoms with Crippen LogP contribution in [0.3, 0.4) is 0 Å². The van der Waals surface area contributed by atoms with Crippen molar-refractivity contribution in [3.63, 3.8) is 0 Å². The molecular formula is C16H20ClN3O2. The van der Waals surface area contributed by atoms with Crippen LogP contribution in [-0.4, -0.2) is 24.1 Å². The lowest BCUT2D eigenvalue weighted by Gasteiger charge is -2.08. The molecule has 0 fully saturated rings. The van der Waals surface area contributed by atoms with E-state index in [1.54, 1.807) is 29.9 Å². The molecule has 0 saturated heterocycles. The first-order valence-electron chi connectivity index (χ1n) is 6.83. The molecule has 5 nitrogen and oxygen atoms in total. The molecule has 1 aromatic carbocycles. The van der Waals surface area contributed by atoms with Crippen molar-refractivity contribution in [1.29, 1.82) is 0 Å². The van der Waals surface area contributed by atoms with E-state index in [1.807, 2.05) is 30.3 Å². The van der Waals surface area contributed by atoms with E-state index in [0.29, 0.717) is 19.6 Å². The third-order valence-electron chi connectivity index (χ3n) is 3.10. The standard InChI is InChI=1S/C16H19N3O2.ClH/c1-17-11-15(20)18-10-13-5-7-14(8-6-13)12-19-9-3-2-4-16(19)21;/h2-9,17H,10-12H2,1H3,(H,18,20);1H. The van der Waals surface area contributed by atoms with E-state index in [2.05, 4.69) is 10.6 Å². The summed E-state index contributed by atoms with van der Waals surface area (Å²) in [7, 11) is 1.74. The Hall–Kier alpha value is -2.11. The molecule has 0 aliphatic rings. The van der Waals surface area contributed by atoms with E-state index in [9.17, 15) is 9.59 Å². The summed E-state index contributed by atoms with van der Waals surface area (Å²) in [6.45, 7) is 1.37. The molecule has 2 rings (SSSR count). The van der Waals surface area contributed by atoms with Crippen LogP contribution < -0.4 is 16.2 Å². The molecule has 0 saturated carbocycles. The number of aromatic nitrogens is 1. The molecule has 0 bridgehead atoms. The van der Waals surface area contributed by atoms with Crippen LogP contribution in [-0.2, 0) is 17.9 Å². The second-order valence-electron chi connectivity index (χ2n) is 4.79. The van der Waals surface area contributed by atoms with Crippen molar-refractivity contribution >= 4 is 18.3 Å². The number of likely N-dealkylation sites (N-methyl/N-ethyl adjacent to an activating group) is 1. The van der Waals surface area contributed by atoms with Crippen molar-refractivity contribution in [2.75, 3.05) is 13.6 Å². The number of benzene rings is 1. The minimum atomic E-state index is -0.0302. The predicted octanol–water partition coefficient (Wildman–Crippen LogP) is 1.15. The Morgan fingerprint density at radius 3 is 2.41 bits per heavy atom. The lowest BCUT2D eigenvalue weighted by atomic mass is 10.1. The number of hydrogen-bond acceptors (Lipinski definition) is 3. The second-order valence-corrected chi connectivity index (χ2v) is 4.79. The summed E-state index contributed by atoms with van der Waals surface area (Å²) < 4.78 is 1.66. The number of halogens is 1. The number of nitrogens with zero attached hydrogens (tertiary/aromatic N) is 1. The minimum Gasteiger partial charge on any atom is -0.351 e. The summed E-state index contributed by atoms with van der Waals surface area (Å²) in [4.78, 5) is 23.0. The van der Waals surface area contributed by atoms with Gasteiger partial charge in [0.05, 0.1) is 13.1 Å². The predicted molar refractivity (Wildman–Crippen MR) is 89.3 cm³/mol. The van der Waals surface area contributed by atoms with Crippen LogP contribution in [0.1, 0.15) is 11.1 Å². The first kappa shape index (κ1) is 17.9. The van der Waals surface area contributed by atoms with Crippen LogP contribution in [0.15, 0.2) is 53.5 Å². The number of carbonyl (C=O) groups excluding carboxylic acids is 1. The molecular weight excluding hydrogens is 302 g/mol. The number of rotatable bonds is 6. The van der Waals surface area contributed by atoms with Crippen molar-refractivity contribution in [1.82, 2.24) is 15.2 Å². The smallest absolute Gasteiger partial charge is 0.250 e. The van der Waals surface area contributed by atoms with Gasteiger partial charge in [0.1, 0.15) is 0 Å². The average molecular weight is 322 g/mol. The molecule has 2 N–H and O–H groups in total. The molecule has 0 atom stereocenters. The molecule has 6 heteroatoms. The number of nitrogens with one attached hydrogen (secondary N) is 2. The molecule has 22 heavy (non-hydrogen) atoms. The Morgan fingerprint density at radius 1 is 1.09 bits per heavy atom. The maximum absolute atomic E-state index is 11.6. The van der Waals surface area contributed by atoms with Crippen LogP contribution in [0, 0.1) is 0 Å². The van der Waals surface area contributed by atoms with E-state index in [1.165, 1.54) is 0 Å². The highest BCUT2D eigenvalue weighted by molar-refractivity contribution is 5.85. The van der Waals surface area contributed by atoms with Gasteiger partial charge in [0.15, 0.2) is 0 Å². The van der Waals surface area contributed by atoms with Crippen LogP contribution >= 0.6 is 12.4 Å². The lowest BCUT2D eigenvalue weighted by molar-refractivity contribution is -0.120. The molecule has 1 amide bonds. The number of pyridine rings is 1. The van der Waals surface area contributed by atoms with Gasteiger partial charge in [-0.1, -0.05) is 30.3 Å². The van der Waals surface area contributed by atoms with E-state index in [4.69, 9.17) is 0 Å². The Kier molecular flexibility index (Phi) is 7.36. The van der Waals surface area contributed by atoms with Gasteiger partial charge in [0, 0.05) is 18.8 Å². The van der Waals surface area contributed by atoms with Gasteiger partial charge in [-0.05, 0) is 24.2 Å². The highest BCUT2D eigenvalue weighted by Crippen LogP contribution is 2.05. The average Bonchev–Trinajstić information content (AvgIpc) is 2.49. The molecule has 0 aliphatic carbocycles. The zero-order valence-corrected chi connectivity index (χ0v) is 13.2. The SMILES string of the molecule is CNCC(=O)NCc1ccc(Cn2ccccc2=O)cc1.Cl. The third kappa shape index (κ3) is 5.35. The first-order valence-corrected chi connectivity index (χ1v) is 6.83. The van der Waals surface area contributed by atoms with E-state index in [0.717, 1.165) is 11.1 Å². The monoisotopic (exact) mass is 321 g/mol. The van der Waals surface area contributed by atoms with Crippen LogP contribution in [0.4, 0.5) is 0 Å². The van der Waals surface area contributed by atoms with Crippen LogP contribution in [0.5, 0.6) is 0 Å². The van der Waals surface area contributed by atoms with Crippen molar-refractivity contribution in [2.24, 2.45) is 0 Å². The molecule has 0 unspecified atom stereocenters. The summed E-state index contributed by atoms with van der Waals surface area (Å²) in [5.41, 5.74) is 2.07. The second kappa shape index (κ2) is 9.02. The highest BCUT2D eigenvalue weighted by Gasteiger charge is 2.00. The summed E-state index contributed by atoms with van der Waals surface area (Å²) >= 11 is 0. The Balaban J connectivity index is 0.00000242. The van der Waals surface area contributed by atoms with Gasteiger partial charge >= 0.3 is 0 Å². The van der Waals surface area contributed by atoms with E-state index < -0.39 is 0 Å². The highest BCUT2D eigenvalue weighted by atomic mass is 35.5. The van der Waals surface area contributed by atoms with Gasteiger partial charge < -0.3 is 15.2 Å². The fourth-order valence-electron chi connectivity index (χ4n) is 1.97. The fraction of sp³-hybridized carbons (Fsp3) is 0.250. The van der Waals surface area contributed by atoms with E-state index >= 15 is 0 Å². The van der Waals surface area contributed by atoms with Gasteiger partial charge in [0.2, 0.25) is 5.91 Å². The zero-order valence-electron chi connectivity index (χ0n) is 12.4. The zero-order chi connectivity index (χ0) is 15.1. The first-order chi connectivity index (χ1) is 10.2. The maximum atomic E-state index is 11.6. The number of carbonyl (C=O) groups is 1. The molecule has 1 aromatic heterocycles. The molecule has 0 radical (unpaired) electrons. The largest absolute Gasteiger partial charge is 0.351 e. The van der Waals surface area contributed by atoms with Crippen molar-refractivity contribution in [3.05, 3.63) is 70.1 Å². The minimum absolute atomic E-state index is 0. The van der Waals surface area contributed by atoms with Gasteiger partial charge in [0.25, 0.3) is 5.56 Å². The summed E-state index contributed by atoms with van der Waals surface area (Å²) in [5, 5.41) is 5.62. The van der Waals surface area contributed by atoms with Crippen molar-refractivity contribution in [2.45, 2.75) is 13.1 Å². The topological polar surface area (TPSA) is 63.1 Å². The third-order valence-corrected chi connectivity index (χ3v) is 3.10. The normalized spacial score (nSPS) is 9.86. The molecule has 118 valence electrons. The Labute approximate surface area is 135 Å². The lowest BCUT2D eigenvalue weighted by Crippen LogP contribution is -2.31. The van der Waals surface area contributed by atoms with Gasteiger partial charge in [-0.3, -0.25) is 9.59 Å². The van der Waals surface area contributed by atoms with E-state index in [-0.39, 0.29) is 23.9 Å². The summed E-state index contributed by atoms with van der Waals surface area (Å²) in [6.07, 6.45) is 1.77. The Bertz CT molecular complexity index is 653. The summed E-state index contributed by atoms with van der Waals surface area (Å²) in [6, 6.07) is 13.0. The number of amides is 1. The fourth-order valence-corrected chi connectivity index (χ4v) is 1.97. The quantitative estimate of drug-likeness (QED) is 0.839. The van der Waals surface area contributed by atoms with Crippen molar-refractivity contribution < 1.29 is 4.79 Å². The van der Waals surface area contributed by atoms with Gasteiger partial charge in [-0.25, -0.2) is 0 Å². The molecule has 0 aliphatic heterocycles. The number of hydrogen-bond donors (Lipinski definition) is 2. The molecule has 0 spiro atoms. The summed E-state index contributed by atoms with van der Waals surface area (Å²) in [5.74, 6) is -0.0302. The van der Waals surface area contributed by atoms with Crippen LogP contribution in [0.25, 0.3) is 0 Å².